The van der Waals surface area contributed by atoms with Crippen LogP contribution in [0.25, 0.3) is 28.6 Å². The van der Waals surface area contributed by atoms with E-state index in [9.17, 15) is 0 Å². The van der Waals surface area contributed by atoms with Gasteiger partial charge in [-0.2, -0.15) is 5.21 Å². The third-order valence-electron chi connectivity index (χ3n) is 6.04. The number of hydrogen-bond acceptors (Lipinski definition) is 5. The number of aromatic nitrogens is 5. The predicted octanol–water partition coefficient (Wildman–Crippen LogP) is 6.53. The normalized spacial score (nSPS) is 11.9. The molecule has 0 aliphatic carbocycles. The van der Waals surface area contributed by atoms with Gasteiger partial charge in [0.1, 0.15) is 12.4 Å². The van der Waals surface area contributed by atoms with E-state index in [0.717, 1.165) is 40.8 Å². The summed E-state index contributed by atoms with van der Waals surface area (Å²) >= 11 is 0. The number of allylic oxidation sites excluding steroid dienone is 2. The smallest absolute Gasteiger partial charge is 0.197 e. The molecule has 0 aliphatic rings. The number of nitrogens with one attached hydrogen (secondary N) is 1. The lowest BCUT2D eigenvalue weighted by atomic mass is 9.97. The maximum Gasteiger partial charge on any atom is 0.197 e. The van der Waals surface area contributed by atoms with E-state index in [1.807, 2.05) is 48.6 Å². The highest BCUT2D eigenvalue weighted by Crippen LogP contribution is 2.24. The van der Waals surface area contributed by atoms with Crippen LogP contribution in [0.15, 0.2) is 91.0 Å². The maximum atomic E-state index is 6.00. The topological polar surface area (TPSA) is 76.6 Å². The average Bonchev–Trinajstić information content (AvgIpc) is 3.46. The molecule has 6 heteroatoms. The molecule has 0 fully saturated rings. The molecule has 0 aliphatic heterocycles. The first-order chi connectivity index (χ1) is 17.8. The molecule has 1 N–H and O–H groups in total. The third kappa shape index (κ3) is 5.91. The van der Waals surface area contributed by atoms with Crippen molar-refractivity contribution in [1.29, 1.82) is 0 Å². The van der Waals surface area contributed by atoms with Gasteiger partial charge in [-0.05, 0) is 77.6 Å². The molecule has 2 aromatic heterocycles. The Hall–Kier alpha value is -4.58. The molecule has 0 saturated carbocycles. The largest absolute Gasteiger partial charge is 0.487 e. The summed E-state index contributed by atoms with van der Waals surface area (Å²) in [5.74, 6) is 1.41. The van der Waals surface area contributed by atoms with E-state index in [0.29, 0.717) is 12.4 Å². The molecule has 0 saturated heterocycles. The second-order valence-electron chi connectivity index (χ2n) is 8.47. The summed E-state index contributed by atoms with van der Waals surface area (Å²) in [5, 5.41) is 15.1. The summed E-state index contributed by atoms with van der Waals surface area (Å²) in [7, 11) is 0. The number of aromatic amines is 1. The van der Waals surface area contributed by atoms with Gasteiger partial charge < -0.3 is 4.74 Å². The number of tetrazole rings is 1. The van der Waals surface area contributed by atoms with Crippen molar-refractivity contribution in [2.24, 2.45) is 0 Å². The van der Waals surface area contributed by atoms with E-state index in [1.54, 1.807) is 0 Å². The molecule has 5 rings (SSSR count). The van der Waals surface area contributed by atoms with Gasteiger partial charge in [0.25, 0.3) is 0 Å². The quantitative estimate of drug-likeness (QED) is 0.263. The number of aryl methyl sites for hydroxylation is 1. The number of fused-ring (bicyclic) bond motifs is 1. The van der Waals surface area contributed by atoms with Crippen LogP contribution in [-0.4, -0.2) is 25.6 Å². The number of rotatable bonds is 9. The van der Waals surface area contributed by atoms with Crippen LogP contribution >= 0.6 is 0 Å². The maximum absolute atomic E-state index is 6.00. The second-order valence-corrected chi connectivity index (χ2v) is 8.47. The van der Waals surface area contributed by atoms with Gasteiger partial charge in [0.05, 0.1) is 11.2 Å². The van der Waals surface area contributed by atoms with Crippen LogP contribution in [0.4, 0.5) is 0 Å². The van der Waals surface area contributed by atoms with Crippen molar-refractivity contribution in [2.45, 2.75) is 26.4 Å². The first kappa shape index (κ1) is 23.2. The zero-order valence-electron chi connectivity index (χ0n) is 20.1. The van der Waals surface area contributed by atoms with Gasteiger partial charge in [-0.1, -0.05) is 72.8 Å². The third-order valence-corrected chi connectivity index (χ3v) is 6.04. The molecule has 5 aromatic rings. The van der Waals surface area contributed by atoms with E-state index < -0.39 is 0 Å². The molecule has 2 heterocycles. The number of hydrogen-bond donors (Lipinski definition) is 1. The minimum absolute atomic E-state index is 0.443. The highest BCUT2D eigenvalue weighted by Gasteiger charge is 2.05. The molecule has 0 bridgehead atoms. The fourth-order valence-electron chi connectivity index (χ4n) is 4.11. The molecular formula is C30H27N5O. The molecule has 3 aromatic carbocycles. The molecular weight excluding hydrogens is 446 g/mol. The minimum Gasteiger partial charge on any atom is -0.487 e. The van der Waals surface area contributed by atoms with Crippen LogP contribution < -0.4 is 4.74 Å². The highest BCUT2D eigenvalue weighted by molar-refractivity contribution is 5.78. The Morgan fingerprint density at radius 3 is 2.64 bits per heavy atom. The lowest BCUT2D eigenvalue weighted by Gasteiger charge is -2.11. The van der Waals surface area contributed by atoms with E-state index in [4.69, 9.17) is 4.74 Å². The zero-order chi connectivity index (χ0) is 24.6. The van der Waals surface area contributed by atoms with Crippen molar-refractivity contribution < 1.29 is 4.74 Å². The number of nitrogens with zero attached hydrogens (tertiary/aromatic N) is 4. The fourth-order valence-corrected chi connectivity index (χ4v) is 4.11. The van der Waals surface area contributed by atoms with Gasteiger partial charge in [0.15, 0.2) is 5.82 Å². The number of benzene rings is 3. The van der Waals surface area contributed by atoms with Crippen LogP contribution in [0.3, 0.4) is 0 Å². The number of H-pyrrole nitrogens is 1. The van der Waals surface area contributed by atoms with E-state index in [2.05, 4.69) is 87.1 Å². The summed E-state index contributed by atoms with van der Waals surface area (Å²) in [6, 6.07) is 29.0. The molecule has 0 unspecified atom stereocenters. The van der Waals surface area contributed by atoms with Gasteiger partial charge in [0.2, 0.25) is 0 Å². The average molecular weight is 474 g/mol. The van der Waals surface area contributed by atoms with Crippen molar-refractivity contribution in [3.05, 3.63) is 119 Å². The van der Waals surface area contributed by atoms with Crippen LogP contribution in [-0.2, 0) is 13.0 Å². The summed E-state index contributed by atoms with van der Waals surface area (Å²) in [6.07, 6.45) is 7.94. The molecule has 0 spiro atoms. The molecule has 178 valence electrons. The first-order valence-electron chi connectivity index (χ1n) is 12.0. The van der Waals surface area contributed by atoms with Crippen LogP contribution in [0.5, 0.6) is 5.75 Å². The summed E-state index contributed by atoms with van der Waals surface area (Å²) in [4.78, 5) is 4.68. The predicted molar refractivity (Wildman–Crippen MR) is 144 cm³/mol. The minimum atomic E-state index is 0.443. The Morgan fingerprint density at radius 2 is 1.81 bits per heavy atom. The van der Waals surface area contributed by atoms with E-state index >= 15 is 0 Å². The zero-order valence-corrected chi connectivity index (χ0v) is 20.1. The van der Waals surface area contributed by atoms with Crippen molar-refractivity contribution >= 4 is 28.6 Å². The summed E-state index contributed by atoms with van der Waals surface area (Å²) in [6.45, 7) is 2.54. The summed E-state index contributed by atoms with van der Waals surface area (Å²) in [5.41, 5.74) is 6.82. The summed E-state index contributed by atoms with van der Waals surface area (Å²) < 4.78 is 6.00. The van der Waals surface area contributed by atoms with Gasteiger partial charge in [0, 0.05) is 5.39 Å². The van der Waals surface area contributed by atoms with E-state index in [1.165, 1.54) is 16.7 Å². The first-order valence-corrected chi connectivity index (χ1v) is 12.0. The fraction of sp³-hybridized carbons (Fsp3) is 0.133. The van der Waals surface area contributed by atoms with Crippen LogP contribution in [0.2, 0.25) is 0 Å². The van der Waals surface area contributed by atoms with Crippen molar-refractivity contribution in [3.8, 4) is 5.75 Å². The number of ether oxygens (including phenoxy) is 1. The Bertz CT molecular complexity index is 1490. The van der Waals surface area contributed by atoms with Gasteiger partial charge in [-0.3, -0.25) is 0 Å². The van der Waals surface area contributed by atoms with Crippen LogP contribution in [0.1, 0.15) is 41.6 Å². The SMILES string of the molecule is CC=C(CCc1cccc(C=Cc2nn[nH]n2)c1)c1ccc(OCc2ccc3ccccc3n2)cc1. The molecule has 0 radical (unpaired) electrons. The van der Waals surface area contributed by atoms with Crippen molar-refractivity contribution in [3.63, 3.8) is 0 Å². The molecule has 0 atom stereocenters. The van der Waals surface area contributed by atoms with Crippen molar-refractivity contribution in [2.75, 3.05) is 0 Å². The Kier molecular flexibility index (Phi) is 7.23. The molecule has 6 nitrogen and oxygen atoms in total. The van der Waals surface area contributed by atoms with Gasteiger partial charge in [-0.25, -0.2) is 4.98 Å². The van der Waals surface area contributed by atoms with E-state index in [-0.39, 0.29) is 0 Å². The number of para-hydroxylation sites is 1. The molecule has 0 amide bonds. The Labute approximate surface area is 210 Å². The second kappa shape index (κ2) is 11.2. The van der Waals surface area contributed by atoms with Crippen molar-refractivity contribution in [1.82, 2.24) is 25.6 Å². The Balaban J connectivity index is 1.17. The highest BCUT2D eigenvalue weighted by atomic mass is 16.5. The lowest BCUT2D eigenvalue weighted by molar-refractivity contribution is 0.302. The monoisotopic (exact) mass is 473 g/mol. The molecule has 36 heavy (non-hydrogen) atoms. The standard InChI is InChI=1S/C30H27N5O/c1-2-24(12-10-22-6-5-7-23(20-22)11-19-30-32-34-35-33-30)25-14-17-28(18-15-25)36-21-27-16-13-26-8-3-4-9-29(26)31-27/h2-9,11,13-20H,10,12,21H2,1H3,(H,32,33,34,35). The van der Waals surface area contributed by atoms with Gasteiger partial charge in [-0.15, -0.1) is 10.2 Å². The van der Waals surface area contributed by atoms with Gasteiger partial charge >= 0.3 is 0 Å². The number of pyridine rings is 1. The van der Waals surface area contributed by atoms with Crippen LogP contribution in [0, 0.1) is 0 Å². The Morgan fingerprint density at radius 1 is 0.917 bits per heavy atom. The lowest BCUT2D eigenvalue weighted by Crippen LogP contribution is -1.98.